The van der Waals surface area contributed by atoms with Gasteiger partial charge in [0.15, 0.2) is 0 Å². The third-order valence-corrected chi connectivity index (χ3v) is 5.09. The zero-order valence-electron chi connectivity index (χ0n) is 15.6. The third kappa shape index (κ3) is 5.29. The van der Waals surface area contributed by atoms with E-state index in [1.807, 2.05) is 0 Å². The Balaban J connectivity index is 1.58. The number of hydrogen-bond donors (Lipinski definition) is 1. The summed E-state index contributed by atoms with van der Waals surface area (Å²) >= 11 is 0. The monoisotopic (exact) mass is 334 g/mol. The maximum absolute atomic E-state index is 3.42. The van der Waals surface area contributed by atoms with Gasteiger partial charge >= 0.3 is 0 Å². The second-order valence-electron chi connectivity index (χ2n) is 7.08. The van der Waals surface area contributed by atoms with Gasteiger partial charge in [-0.25, -0.2) is 0 Å². The second kappa shape index (κ2) is 8.98. The molecule has 1 aliphatic rings. The van der Waals surface area contributed by atoms with Crippen LogP contribution < -0.4 is 5.32 Å². The van der Waals surface area contributed by atoms with Crippen LogP contribution in [0.1, 0.15) is 34.2 Å². The minimum atomic E-state index is 1.14. The average Bonchev–Trinajstić information content (AvgIpc) is 2.63. The van der Waals surface area contributed by atoms with Crippen LogP contribution in [0.2, 0.25) is 0 Å². The summed E-state index contributed by atoms with van der Waals surface area (Å²) in [6.45, 7) is 10.2. The zero-order chi connectivity index (χ0) is 17.5. The van der Waals surface area contributed by atoms with Gasteiger partial charge in [0.25, 0.3) is 0 Å². The van der Waals surface area contributed by atoms with Gasteiger partial charge in [-0.1, -0.05) is 54.6 Å². The predicted octanol–water partition coefficient (Wildman–Crippen LogP) is 4.31. The van der Waals surface area contributed by atoms with E-state index in [1.165, 1.54) is 53.9 Å². The number of rotatable bonds is 6. The lowest BCUT2D eigenvalue weighted by Crippen LogP contribution is -2.43. The van der Waals surface area contributed by atoms with Crippen molar-refractivity contribution in [3.8, 4) is 0 Å². The molecule has 0 aliphatic carbocycles. The molecule has 1 fully saturated rings. The first-order valence-corrected chi connectivity index (χ1v) is 9.49. The highest BCUT2D eigenvalue weighted by Crippen LogP contribution is 2.17. The van der Waals surface area contributed by atoms with E-state index in [4.69, 9.17) is 0 Å². The normalized spacial score (nSPS) is 15.8. The summed E-state index contributed by atoms with van der Waals surface area (Å²) in [5, 5.41) is 3.42. The molecule has 0 amide bonds. The van der Waals surface area contributed by atoms with Gasteiger partial charge in [-0.05, 0) is 61.1 Å². The largest absolute Gasteiger partial charge is 0.314 e. The Kier molecular flexibility index (Phi) is 6.43. The molecule has 3 rings (SSSR count). The van der Waals surface area contributed by atoms with Crippen molar-refractivity contribution in [3.05, 3.63) is 70.3 Å². The van der Waals surface area contributed by atoms with Gasteiger partial charge in [-0.2, -0.15) is 0 Å². The first-order valence-electron chi connectivity index (χ1n) is 9.49. The lowest BCUT2D eigenvalue weighted by atomic mass is 10.0. The Morgan fingerprint density at radius 3 is 2.44 bits per heavy atom. The van der Waals surface area contributed by atoms with E-state index in [1.54, 1.807) is 0 Å². The number of piperazine rings is 1. The fourth-order valence-corrected chi connectivity index (χ4v) is 3.56. The number of hydrogen-bond acceptors (Lipinski definition) is 2. The fourth-order valence-electron chi connectivity index (χ4n) is 3.56. The van der Waals surface area contributed by atoms with Gasteiger partial charge in [-0.15, -0.1) is 0 Å². The molecule has 0 radical (unpaired) electrons. The summed E-state index contributed by atoms with van der Waals surface area (Å²) in [6.07, 6.45) is 6.90. The van der Waals surface area contributed by atoms with Gasteiger partial charge in [0.2, 0.25) is 0 Å². The second-order valence-corrected chi connectivity index (χ2v) is 7.08. The highest BCUT2D eigenvalue weighted by Gasteiger charge is 2.08. The Morgan fingerprint density at radius 1 is 0.960 bits per heavy atom. The predicted molar refractivity (Wildman–Crippen MR) is 109 cm³/mol. The van der Waals surface area contributed by atoms with Gasteiger partial charge in [0, 0.05) is 26.2 Å². The first kappa shape index (κ1) is 17.9. The molecule has 1 N–H and O–H groups in total. The van der Waals surface area contributed by atoms with Crippen LogP contribution in [-0.4, -0.2) is 37.6 Å². The minimum Gasteiger partial charge on any atom is -0.314 e. The van der Waals surface area contributed by atoms with Crippen molar-refractivity contribution in [2.24, 2.45) is 0 Å². The van der Waals surface area contributed by atoms with Gasteiger partial charge < -0.3 is 10.2 Å². The summed E-state index contributed by atoms with van der Waals surface area (Å²) < 4.78 is 0. The first-order chi connectivity index (χ1) is 12.2. The average molecular weight is 335 g/mol. The van der Waals surface area contributed by atoms with Crippen molar-refractivity contribution in [2.45, 2.75) is 26.7 Å². The van der Waals surface area contributed by atoms with Crippen LogP contribution in [0, 0.1) is 13.8 Å². The maximum atomic E-state index is 3.42. The van der Waals surface area contributed by atoms with E-state index >= 15 is 0 Å². The molecule has 1 heterocycles. The molecule has 0 spiro atoms. The van der Waals surface area contributed by atoms with Crippen molar-refractivity contribution >= 4 is 12.2 Å². The summed E-state index contributed by atoms with van der Waals surface area (Å²) in [6, 6.07) is 15.5. The molecule has 0 unspecified atom stereocenters. The van der Waals surface area contributed by atoms with Crippen LogP contribution in [0.5, 0.6) is 0 Å². The Hall–Kier alpha value is -1.90. The van der Waals surface area contributed by atoms with E-state index in [0.29, 0.717) is 0 Å². The Labute approximate surface area is 152 Å². The zero-order valence-corrected chi connectivity index (χ0v) is 15.6. The molecule has 0 atom stereocenters. The summed E-state index contributed by atoms with van der Waals surface area (Å²) in [7, 11) is 0. The number of nitrogens with one attached hydrogen (secondary N) is 1. The van der Waals surface area contributed by atoms with Crippen LogP contribution in [0.3, 0.4) is 0 Å². The molecular weight excluding hydrogens is 304 g/mol. The van der Waals surface area contributed by atoms with E-state index in [2.05, 4.69) is 78.7 Å². The molecule has 1 aliphatic heterocycles. The molecule has 2 heteroatoms. The maximum Gasteiger partial charge on any atom is 0.0107 e. The van der Waals surface area contributed by atoms with E-state index in [-0.39, 0.29) is 0 Å². The molecule has 2 nitrogen and oxygen atoms in total. The van der Waals surface area contributed by atoms with Crippen molar-refractivity contribution in [1.82, 2.24) is 10.2 Å². The molecule has 0 saturated carbocycles. The van der Waals surface area contributed by atoms with Crippen LogP contribution in [0.15, 0.2) is 42.5 Å². The molecule has 25 heavy (non-hydrogen) atoms. The quantitative estimate of drug-likeness (QED) is 0.792. The van der Waals surface area contributed by atoms with Gasteiger partial charge in [-0.3, -0.25) is 0 Å². The summed E-state index contributed by atoms with van der Waals surface area (Å²) in [4.78, 5) is 2.57. The molecule has 0 aromatic heterocycles. The summed E-state index contributed by atoms with van der Waals surface area (Å²) in [5.74, 6) is 0. The van der Waals surface area contributed by atoms with E-state index < -0.39 is 0 Å². The minimum absolute atomic E-state index is 1.14. The number of nitrogens with zero attached hydrogens (tertiary/aromatic N) is 1. The van der Waals surface area contributed by atoms with Gasteiger partial charge in [0.05, 0.1) is 0 Å². The van der Waals surface area contributed by atoms with Crippen LogP contribution in [0.25, 0.3) is 12.2 Å². The Morgan fingerprint density at radius 2 is 1.68 bits per heavy atom. The van der Waals surface area contributed by atoms with Crippen LogP contribution >= 0.6 is 0 Å². The van der Waals surface area contributed by atoms with E-state index in [9.17, 15) is 0 Å². The topological polar surface area (TPSA) is 15.3 Å². The highest BCUT2D eigenvalue weighted by atomic mass is 15.2. The summed E-state index contributed by atoms with van der Waals surface area (Å²) in [5.41, 5.74) is 6.75. The van der Waals surface area contributed by atoms with E-state index in [0.717, 1.165) is 19.5 Å². The SMILES string of the molecule is Cc1cccc(C)c1C=Cc1cccc(CCCN2CCNCC2)c1. The van der Waals surface area contributed by atoms with Crippen molar-refractivity contribution in [2.75, 3.05) is 32.7 Å². The van der Waals surface area contributed by atoms with Crippen molar-refractivity contribution in [3.63, 3.8) is 0 Å². The Bertz CT molecular complexity index is 692. The fraction of sp³-hybridized carbons (Fsp3) is 0.391. The van der Waals surface area contributed by atoms with Crippen molar-refractivity contribution in [1.29, 1.82) is 0 Å². The lowest BCUT2D eigenvalue weighted by molar-refractivity contribution is 0.238. The third-order valence-electron chi connectivity index (χ3n) is 5.09. The molecule has 2 aromatic carbocycles. The molecular formula is C23H30N2. The number of benzene rings is 2. The molecule has 1 saturated heterocycles. The molecule has 2 aromatic rings. The van der Waals surface area contributed by atoms with Crippen LogP contribution in [0.4, 0.5) is 0 Å². The molecule has 0 bridgehead atoms. The lowest BCUT2D eigenvalue weighted by Gasteiger charge is -2.27. The number of aryl methyl sites for hydroxylation is 3. The van der Waals surface area contributed by atoms with Gasteiger partial charge in [0.1, 0.15) is 0 Å². The highest BCUT2D eigenvalue weighted by molar-refractivity contribution is 5.72. The molecule has 132 valence electrons. The smallest absolute Gasteiger partial charge is 0.0107 e. The van der Waals surface area contributed by atoms with Crippen molar-refractivity contribution < 1.29 is 0 Å². The standard InChI is InChI=1S/C23H30N2/c1-19-6-3-7-20(2)23(19)12-11-22-9-4-8-21(18-22)10-5-15-25-16-13-24-14-17-25/h3-4,6-9,11-12,18,24H,5,10,13-17H2,1-2H3. The van der Waals surface area contributed by atoms with Crippen LogP contribution in [-0.2, 0) is 6.42 Å².